The molecule has 1 aliphatic heterocycles. The van der Waals surface area contributed by atoms with Gasteiger partial charge in [-0.3, -0.25) is 19.2 Å². The van der Waals surface area contributed by atoms with Gasteiger partial charge in [0.2, 0.25) is 5.91 Å². The largest absolute Gasteiger partial charge is 0.463 e. The van der Waals surface area contributed by atoms with E-state index in [0.717, 1.165) is 23.1 Å². The third-order valence-electron chi connectivity index (χ3n) is 6.55. The van der Waals surface area contributed by atoms with Crippen LogP contribution in [-0.2, 0) is 24.3 Å². The van der Waals surface area contributed by atoms with E-state index in [-0.39, 0.29) is 18.4 Å². The number of hydrogen-bond acceptors (Lipinski definition) is 4. The number of rotatable bonds is 6. The lowest BCUT2D eigenvalue weighted by Gasteiger charge is -2.43. The van der Waals surface area contributed by atoms with E-state index in [4.69, 9.17) is 4.42 Å². The van der Waals surface area contributed by atoms with Gasteiger partial charge in [0.05, 0.1) is 12.8 Å². The summed E-state index contributed by atoms with van der Waals surface area (Å²) in [5, 5.41) is 7.65. The summed E-state index contributed by atoms with van der Waals surface area (Å²) < 4.78 is 7.10. The van der Waals surface area contributed by atoms with Crippen molar-refractivity contribution in [1.82, 2.24) is 15.1 Å². The zero-order valence-corrected chi connectivity index (χ0v) is 20.1. The second kappa shape index (κ2) is 8.91. The molecule has 3 heterocycles. The molecule has 0 spiro atoms. The van der Waals surface area contributed by atoms with Crippen LogP contribution in [0.25, 0.3) is 11.5 Å². The van der Waals surface area contributed by atoms with Crippen LogP contribution in [0.1, 0.15) is 41.0 Å². The second-order valence-electron chi connectivity index (χ2n) is 9.16. The van der Waals surface area contributed by atoms with Gasteiger partial charge in [-0.05, 0) is 55.7 Å². The van der Waals surface area contributed by atoms with Crippen LogP contribution in [0.4, 0.5) is 5.69 Å². The molecule has 0 aliphatic carbocycles. The van der Waals surface area contributed by atoms with Crippen molar-refractivity contribution in [3.05, 3.63) is 95.4 Å². The number of nitrogens with zero attached hydrogens (tertiary/aromatic N) is 3. The van der Waals surface area contributed by atoms with Gasteiger partial charge in [-0.15, -0.1) is 0 Å². The highest BCUT2D eigenvalue weighted by atomic mass is 16.3. The minimum atomic E-state index is -1.19. The van der Waals surface area contributed by atoms with Crippen molar-refractivity contribution < 1.29 is 14.0 Å². The molecule has 5 rings (SSSR count). The second-order valence-corrected chi connectivity index (χ2v) is 9.16. The maximum Gasteiger partial charge on any atom is 0.277 e. The van der Waals surface area contributed by atoms with E-state index >= 15 is 0 Å². The maximum absolute atomic E-state index is 13.8. The number of hydrogen-bond donors (Lipinski definition) is 1. The molecule has 0 radical (unpaired) electrons. The first kappa shape index (κ1) is 22.7. The van der Waals surface area contributed by atoms with Crippen LogP contribution < -0.4 is 10.2 Å². The lowest BCUT2D eigenvalue weighted by molar-refractivity contribution is -0.126. The summed E-state index contributed by atoms with van der Waals surface area (Å²) in [6, 6.07) is 21.1. The number of amides is 2. The molecule has 1 atom stereocenters. The SMILES string of the molecule is CCc1ccc(N2C(=O)c3cc(-c4ccco4)nn3C[C@@]2(C)C(=O)NCc2cccc(C)c2)cc1. The predicted molar refractivity (Wildman–Crippen MR) is 134 cm³/mol. The summed E-state index contributed by atoms with van der Waals surface area (Å²) in [6.45, 7) is 6.48. The number of benzene rings is 2. The fourth-order valence-electron chi connectivity index (χ4n) is 4.61. The fraction of sp³-hybridized carbons (Fsp3) is 0.250. The molecule has 178 valence electrons. The first-order valence-corrected chi connectivity index (χ1v) is 11.8. The third-order valence-corrected chi connectivity index (χ3v) is 6.55. The highest BCUT2D eigenvalue weighted by molar-refractivity contribution is 6.12. The van der Waals surface area contributed by atoms with Crippen molar-refractivity contribution in [2.75, 3.05) is 4.90 Å². The Morgan fingerprint density at radius 2 is 1.89 bits per heavy atom. The fourth-order valence-corrected chi connectivity index (χ4v) is 4.61. The summed E-state index contributed by atoms with van der Waals surface area (Å²) >= 11 is 0. The lowest BCUT2D eigenvalue weighted by Crippen LogP contribution is -2.64. The summed E-state index contributed by atoms with van der Waals surface area (Å²) in [5.41, 5.74) is 3.75. The number of carbonyl (C=O) groups excluding carboxylic acids is 2. The molecular formula is C28H28N4O3. The smallest absolute Gasteiger partial charge is 0.277 e. The first-order valence-electron chi connectivity index (χ1n) is 11.8. The van der Waals surface area contributed by atoms with Crippen LogP contribution in [-0.4, -0.2) is 27.1 Å². The zero-order valence-electron chi connectivity index (χ0n) is 20.1. The Morgan fingerprint density at radius 3 is 2.57 bits per heavy atom. The van der Waals surface area contributed by atoms with Gasteiger partial charge in [0, 0.05) is 18.3 Å². The van der Waals surface area contributed by atoms with E-state index in [1.54, 1.807) is 41.0 Å². The Kier molecular flexibility index (Phi) is 5.76. The molecule has 0 saturated carbocycles. The van der Waals surface area contributed by atoms with Gasteiger partial charge in [-0.1, -0.05) is 48.9 Å². The Balaban J connectivity index is 1.53. The minimum Gasteiger partial charge on any atom is -0.463 e. The quantitative estimate of drug-likeness (QED) is 0.443. The molecule has 7 heteroatoms. The van der Waals surface area contributed by atoms with Gasteiger partial charge in [0.1, 0.15) is 16.9 Å². The van der Waals surface area contributed by atoms with Crippen molar-refractivity contribution in [2.45, 2.75) is 45.8 Å². The Morgan fingerprint density at radius 1 is 1.09 bits per heavy atom. The molecule has 2 aromatic heterocycles. The average molecular weight is 469 g/mol. The van der Waals surface area contributed by atoms with Gasteiger partial charge in [-0.2, -0.15) is 5.10 Å². The molecule has 1 aliphatic rings. The molecule has 2 aromatic carbocycles. The monoisotopic (exact) mass is 468 g/mol. The number of carbonyl (C=O) groups is 2. The van der Waals surface area contributed by atoms with E-state index in [2.05, 4.69) is 17.3 Å². The number of nitrogens with one attached hydrogen (secondary N) is 1. The zero-order chi connectivity index (χ0) is 24.6. The Bertz CT molecular complexity index is 1370. The highest BCUT2D eigenvalue weighted by Crippen LogP contribution is 2.34. The predicted octanol–water partition coefficient (Wildman–Crippen LogP) is 4.75. The number of fused-ring (bicyclic) bond motifs is 1. The van der Waals surface area contributed by atoms with E-state index < -0.39 is 5.54 Å². The maximum atomic E-state index is 13.8. The number of anilines is 1. The van der Waals surface area contributed by atoms with Crippen molar-refractivity contribution in [1.29, 1.82) is 0 Å². The topological polar surface area (TPSA) is 80.4 Å². The molecule has 35 heavy (non-hydrogen) atoms. The van der Waals surface area contributed by atoms with Crippen LogP contribution >= 0.6 is 0 Å². The van der Waals surface area contributed by atoms with Gasteiger partial charge < -0.3 is 9.73 Å². The molecule has 0 bridgehead atoms. The van der Waals surface area contributed by atoms with Crippen LogP contribution in [0, 0.1) is 6.92 Å². The standard InChI is InChI=1S/C28H28N4O3/c1-4-20-10-12-22(13-11-20)32-26(33)24-16-23(25-9-6-14-35-25)30-31(24)18-28(32,3)27(34)29-17-21-8-5-7-19(2)15-21/h5-16H,4,17-18H2,1-3H3,(H,29,34)/t28-/m0/s1. The molecule has 1 N–H and O–H groups in total. The molecule has 0 saturated heterocycles. The number of aromatic nitrogens is 2. The minimum absolute atomic E-state index is 0.212. The summed E-state index contributed by atoms with van der Waals surface area (Å²) in [7, 11) is 0. The molecule has 0 unspecified atom stereocenters. The van der Waals surface area contributed by atoms with Crippen LogP contribution in [0.2, 0.25) is 0 Å². The molecule has 0 fully saturated rings. The average Bonchev–Trinajstić information content (AvgIpc) is 3.53. The van der Waals surface area contributed by atoms with E-state index in [9.17, 15) is 9.59 Å². The molecule has 7 nitrogen and oxygen atoms in total. The van der Waals surface area contributed by atoms with Crippen molar-refractivity contribution >= 4 is 17.5 Å². The molecular weight excluding hydrogens is 440 g/mol. The summed E-state index contributed by atoms with van der Waals surface area (Å²) in [6.07, 6.45) is 2.46. The van der Waals surface area contributed by atoms with E-state index in [0.29, 0.717) is 29.4 Å². The molecule has 4 aromatic rings. The van der Waals surface area contributed by atoms with Gasteiger partial charge >= 0.3 is 0 Å². The van der Waals surface area contributed by atoms with Crippen LogP contribution in [0.5, 0.6) is 0 Å². The third kappa shape index (κ3) is 4.14. The van der Waals surface area contributed by atoms with Crippen molar-refractivity contribution in [3.63, 3.8) is 0 Å². The summed E-state index contributed by atoms with van der Waals surface area (Å²) in [5.74, 6) is 0.0517. The van der Waals surface area contributed by atoms with Gasteiger partial charge in [0.25, 0.3) is 5.91 Å². The van der Waals surface area contributed by atoms with E-state index in [1.165, 1.54) is 0 Å². The van der Waals surface area contributed by atoms with Gasteiger partial charge in [0.15, 0.2) is 5.76 Å². The van der Waals surface area contributed by atoms with Crippen LogP contribution in [0.3, 0.4) is 0 Å². The molecule has 2 amide bonds. The Labute approximate surface area is 204 Å². The van der Waals surface area contributed by atoms with Crippen molar-refractivity contribution in [2.24, 2.45) is 0 Å². The number of furan rings is 1. The van der Waals surface area contributed by atoms with Crippen molar-refractivity contribution in [3.8, 4) is 11.5 Å². The highest BCUT2D eigenvalue weighted by Gasteiger charge is 2.49. The van der Waals surface area contributed by atoms with Crippen LogP contribution in [0.15, 0.2) is 77.4 Å². The number of aryl methyl sites for hydroxylation is 2. The normalized spacial score (nSPS) is 17.3. The summed E-state index contributed by atoms with van der Waals surface area (Å²) in [4.78, 5) is 29.2. The van der Waals surface area contributed by atoms with Gasteiger partial charge in [-0.25, -0.2) is 0 Å². The first-order chi connectivity index (χ1) is 16.9. The lowest BCUT2D eigenvalue weighted by atomic mass is 9.93. The van der Waals surface area contributed by atoms with E-state index in [1.807, 2.05) is 55.5 Å². The Hall–Kier alpha value is -4.13.